The molecule has 1 rings (SSSR count). The van der Waals surface area contributed by atoms with Gasteiger partial charge in [0.15, 0.2) is 0 Å². The van der Waals surface area contributed by atoms with Crippen molar-refractivity contribution in [2.24, 2.45) is 0 Å². The third-order valence-corrected chi connectivity index (χ3v) is 3.18. The van der Waals surface area contributed by atoms with Crippen molar-refractivity contribution < 1.29 is 30.0 Å². The van der Waals surface area contributed by atoms with Crippen LogP contribution in [-0.4, -0.2) is 70.6 Å². The van der Waals surface area contributed by atoms with E-state index in [1.807, 2.05) is 0 Å². The van der Waals surface area contributed by atoms with E-state index in [0.717, 1.165) is 0 Å². The Balaban J connectivity index is 2.85. The maximum absolute atomic E-state index is 12.1. The molecule has 122 valence electrons. The number of para-hydroxylation sites is 1. The summed E-state index contributed by atoms with van der Waals surface area (Å²) in [5.41, 5.74) is 0.774. The highest BCUT2D eigenvalue weighted by atomic mass is 16.4. The van der Waals surface area contributed by atoms with E-state index >= 15 is 0 Å². The van der Waals surface area contributed by atoms with Gasteiger partial charge < -0.3 is 35.9 Å². The van der Waals surface area contributed by atoms with Gasteiger partial charge in [-0.2, -0.15) is 0 Å². The summed E-state index contributed by atoms with van der Waals surface area (Å²) in [4.78, 5) is 23.2. The number of nitrogens with one attached hydrogen (secondary N) is 2. The lowest BCUT2D eigenvalue weighted by molar-refractivity contribution is -0.119. The van der Waals surface area contributed by atoms with Crippen molar-refractivity contribution in [3.05, 3.63) is 29.8 Å². The van der Waals surface area contributed by atoms with Gasteiger partial charge in [0.05, 0.1) is 12.2 Å². The van der Waals surface area contributed by atoms with Crippen molar-refractivity contribution >= 4 is 17.9 Å². The second kappa shape index (κ2) is 8.44. The molecule has 0 saturated heterocycles. The largest absolute Gasteiger partial charge is 0.394 e. The smallest absolute Gasteiger partial charge is 0.254 e. The third-order valence-electron chi connectivity index (χ3n) is 3.18. The first-order valence-electron chi connectivity index (χ1n) is 6.64. The molecule has 8 nitrogen and oxygen atoms in total. The highest BCUT2D eigenvalue weighted by Gasteiger charge is 2.32. The van der Waals surface area contributed by atoms with E-state index < -0.39 is 36.9 Å². The number of rotatable bonds is 8. The fraction of sp³-hybridized carbons (Fsp3) is 0.429. The Kier molecular flexibility index (Phi) is 6.93. The van der Waals surface area contributed by atoms with Crippen molar-refractivity contribution in [1.29, 1.82) is 0 Å². The SMILES string of the molecule is CNc1ccccc1C(=O)N[C@@H](C=O)[C@@H](O)[C@H](O)[C@H](O)CO. The van der Waals surface area contributed by atoms with Crippen molar-refractivity contribution in [1.82, 2.24) is 5.32 Å². The summed E-state index contributed by atoms with van der Waals surface area (Å²) in [6.45, 7) is -0.791. The molecule has 1 aromatic rings. The van der Waals surface area contributed by atoms with E-state index in [1.165, 1.54) is 6.07 Å². The Bertz CT molecular complexity index is 510. The Hall–Kier alpha value is -2.00. The van der Waals surface area contributed by atoms with Gasteiger partial charge in [-0.3, -0.25) is 4.79 Å². The van der Waals surface area contributed by atoms with Crippen LogP contribution in [0.15, 0.2) is 24.3 Å². The highest BCUT2D eigenvalue weighted by Crippen LogP contribution is 2.14. The van der Waals surface area contributed by atoms with Crippen LogP contribution in [0.5, 0.6) is 0 Å². The average molecular weight is 312 g/mol. The molecule has 0 aliphatic carbocycles. The number of benzene rings is 1. The number of aldehydes is 1. The number of hydrogen-bond donors (Lipinski definition) is 6. The number of anilines is 1. The van der Waals surface area contributed by atoms with Crippen LogP contribution in [-0.2, 0) is 4.79 Å². The zero-order valence-corrected chi connectivity index (χ0v) is 12.0. The zero-order chi connectivity index (χ0) is 16.7. The van der Waals surface area contributed by atoms with Crippen LogP contribution < -0.4 is 10.6 Å². The molecule has 0 aromatic heterocycles. The van der Waals surface area contributed by atoms with E-state index in [-0.39, 0.29) is 11.8 Å². The van der Waals surface area contributed by atoms with Gasteiger partial charge in [0.25, 0.3) is 5.91 Å². The molecule has 0 unspecified atom stereocenters. The summed E-state index contributed by atoms with van der Waals surface area (Å²) in [6.07, 6.45) is -4.91. The quantitative estimate of drug-likeness (QED) is 0.308. The van der Waals surface area contributed by atoms with Gasteiger partial charge >= 0.3 is 0 Å². The third kappa shape index (κ3) is 4.25. The molecule has 0 bridgehead atoms. The Morgan fingerprint density at radius 3 is 2.41 bits per heavy atom. The van der Waals surface area contributed by atoms with E-state index in [1.54, 1.807) is 25.2 Å². The topological polar surface area (TPSA) is 139 Å². The number of amides is 1. The van der Waals surface area contributed by atoms with Crippen LogP contribution in [0, 0.1) is 0 Å². The van der Waals surface area contributed by atoms with Gasteiger partial charge in [0.2, 0.25) is 0 Å². The lowest BCUT2D eigenvalue weighted by Gasteiger charge is -2.26. The number of aliphatic hydroxyl groups excluding tert-OH is 4. The van der Waals surface area contributed by atoms with E-state index in [4.69, 9.17) is 5.11 Å². The normalized spacial score (nSPS) is 16.2. The number of hydrogen-bond acceptors (Lipinski definition) is 7. The predicted octanol–water partition coefficient (Wildman–Crippen LogP) is -1.90. The van der Waals surface area contributed by atoms with Gasteiger partial charge in [-0.05, 0) is 12.1 Å². The molecule has 4 atom stereocenters. The molecule has 0 saturated carbocycles. The van der Waals surface area contributed by atoms with Gasteiger partial charge in [0, 0.05) is 12.7 Å². The van der Waals surface area contributed by atoms with Gasteiger partial charge in [-0.15, -0.1) is 0 Å². The van der Waals surface area contributed by atoms with Gasteiger partial charge in [0.1, 0.15) is 30.6 Å². The van der Waals surface area contributed by atoms with Gasteiger partial charge in [-0.1, -0.05) is 12.1 Å². The van der Waals surface area contributed by atoms with Crippen molar-refractivity contribution in [2.45, 2.75) is 24.4 Å². The van der Waals surface area contributed by atoms with Crippen LogP contribution in [0.1, 0.15) is 10.4 Å². The second-order valence-electron chi connectivity index (χ2n) is 4.66. The predicted molar refractivity (Wildman–Crippen MR) is 78.4 cm³/mol. The summed E-state index contributed by atoms with van der Waals surface area (Å²) in [5.74, 6) is -0.633. The minimum Gasteiger partial charge on any atom is -0.394 e. The van der Waals surface area contributed by atoms with E-state index in [9.17, 15) is 24.9 Å². The molecule has 0 aliphatic heterocycles. The fourth-order valence-corrected chi connectivity index (χ4v) is 1.88. The monoisotopic (exact) mass is 312 g/mol. The second-order valence-corrected chi connectivity index (χ2v) is 4.66. The molecule has 1 aromatic carbocycles. The Morgan fingerprint density at radius 1 is 1.23 bits per heavy atom. The van der Waals surface area contributed by atoms with Crippen LogP contribution in [0.2, 0.25) is 0 Å². The Labute approximate surface area is 127 Å². The van der Waals surface area contributed by atoms with Crippen LogP contribution in [0.25, 0.3) is 0 Å². The van der Waals surface area contributed by atoms with Crippen LogP contribution in [0.4, 0.5) is 5.69 Å². The first-order valence-corrected chi connectivity index (χ1v) is 6.64. The van der Waals surface area contributed by atoms with Crippen molar-refractivity contribution in [2.75, 3.05) is 19.0 Å². The molecular weight excluding hydrogens is 292 g/mol. The highest BCUT2D eigenvalue weighted by molar-refractivity contribution is 6.00. The van der Waals surface area contributed by atoms with Crippen molar-refractivity contribution in [3.8, 4) is 0 Å². The van der Waals surface area contributed by atoms with E-state index in [0.29, 0.717) is 5.69 Å². The molecule has 8 heteroatoms. The lowest BCUT2D eigenvalue weighted by Crippen LogP contribution is -2.53. The van der Waals surface area contributed by atoms with Crippen molar-refractivity contribution in [3.63, 3.8) is 0 Å². The molecule has 22 heavy (non-hydrogen) atoms. The molecule has 0 radical (unpaired) electrons. The molecule has 0 aliphatic rings. The zero-order valence-electron chi connectivity index (χ0n) is 12.0. The molecule has 6 N–H and O–H groups in total. The summed E-state index contributed by atoms with van der Waals surface area (Å²) in [5, 5.41) is 42.5. The van der Waals surface area contributed by atoms with Crippen LogP contribution >= 0.6 is 0 Å². The number of aliphatic hydroxyl groups is 4. The first-order chi connectivity index (χ1) is 10.5. The molecule has 0 spiro atoms. The van der Waals surface area contributed by atoms with E-state index in [2.05, 4.69) is 10.6 Å². The maximum Gasteiger partial charge on any atom is 0.254 e. The standard InChI is InChI=1S/C14H20N2O6/c1-15-9-5-3-2-4-8(9)14(22)16-10(6-17)12(20)13(21)11(19)7-18/h2-6,10-13,15,18-21H,7H2,1H3,(H,16,22)/t10-,11+,12+,13+/m0/s1. The summed E-state index contributed by atoms with van der Waals surface area (Å²) >= 11 is 0. The minimum atomic E-state index is -1.78. The first kappa shape index (κ1) is 18.1. The molecule has 0 heterocycles. The lowest BCUT2D eigenvalue weighted by atomic mass is 10.0. The Morgan fingerprint density at radius 2 is 1.86 bits per heavy atom. The van der Waals surface area contributed by atoms with Gasteiger partial charge in [-0.25, -0.2) is 0 Å². The number of carbonyl (C=O) groups excluding carboxylic acids is 2. The molecular formula is C14H20N2O6. The molecule has 1 amide bonds. The summed E-state index contributed by atoms with van der Waals surface area (Å²) in [6, 6.07) is 5.09. The number of carbonyl (C=O) groups is 2. The minimum absolute atomic E-state index is 0.248. The maximum atomic E-state index is 12.1. The summed E-state index contributed by atoms with van der Waals surface area (Å²) < 4.78 is 0. The fourth-order valence-electron chi connectivity index (χ4n) is 1.88. The molecule has 0 fully saturated rings. The van der Waals surface area contributed by atoms with Crippen LogP contribution in [0.3, 0.4) is 0 Å². The summed E-state index contributed by atoms with van der Waals surface area (Å²) in [7, 11) is 1.62. The average Bonchev–Trinajstić information content (AvgIpc) is 2.57.